The first-order valence-corrected chi connectivity index (χ1v) is 13.4. The molecule has 36 heavy (non-hydrogen) atoms. The molecular weight excluding hydrogens is 476 g/mol. The molecule has 0 aliphatic carbocycles. The van der Waals surface area contributed by atoms with Crippen molar-refractivity contribution < 1.29 is 17.9 Å². The van der Waals surface area contributed by atoms with Gasteiger partial charge in [0.25, 0.3) is 5.91 Å². The van der Waals surface area contributed by atoms with Crippen LogP contribution in [-0.4, -0.2) is 47.6 Å². The fourth-order valence-electron chi connectivity index (χ4n) is 4.33. The van der Waals surface area contributed by atoms with E-state index in [1.807, 2.05) is 54.6 Å². The van der Waals surface area contributed by atoms with Gasteiger partial charge in [-0.3, -0.25) is 9.48 Å². The fraction of sp³-hybridized carbons (Fsp3) is 0.259. The third kappa shape index (κ3) is 4.98. The molecule has 1 saturated heterocycles. The van der Waals surface area contributed by atoms with E-state index >= 15 is 0 Å². The third-order valence-electron chi connectivity index (χ3n) is 6.28. The van der Waals surface area contributed by atoms with E-state index in [-0.39, 0.29) is 5.91 Å². The van der Waals surface area contributed by atoms with Gasteiger partial charge >= 0.3 is 0 Å². The first-order valence-electron chi connectivity index (χ1n) is 12.0. The summed E-state index contributed by atoms with van der Waals surface area (Å²) in [6, 6.07) is 23.8. The van der Waals surface area contributed by atoms with Crippen LogP contribution in [0.1, 0.15) is 25.3 Å². The number of para-hydroxylation sites is 2. The van der Waals surface area contributed by atoms with Crippen LogP contribution in [0.15, 0.2) is 83.8 Å². The Balaban J connectivity index is 1.33. The minimum absolute atomic E-state index is 0.300. The smallest absolute Gasteiger partial charge is 0.266 e. The summed E-state index contributed by atoms with van der Waals surface area (Å²) in [5, 5.41) is 8.35. The van der Waals surface area contributed by atoms with Crippen LogP contribution in [0.3, 0.4) is 0 Å². The molecule has 2 heterocycles. The number of sulfonamides is 1. The number of nitrogens with one attached hydrogen (secondary N) is 1. The van der Waals surface area contributed by atoms with Gasteiger partial charge in [-0.1, -0.05) is 42.5 Å². The fourth-order valence-corrected chi connectivity index (χ4v) is 5.85. The lowest BCUT2D eigenvalue weighted by Crippen LogP contribution is -2.30. The highest BCUT2D eigenvalue weighted by atomic mass is 32.2. The molecule has 0 radical (unpaired) electrons. The highest BCUT2D eigenvalue weighted by Gasteiger charge is 2.27. The van der Waals surface area contributed by atoms with Gasteiger partial charge in [0.15, 0.2) is 11.9 Å². The van der Waals surface area contributed by atoms with Crippen molar-refractivity contribution >= 4 is 32.7 Å². The van der Waals surface area contributed by atoms with Crippen LogP contribution in [0.2, 0.25) is 0 Å². The summed E-state index contributed by atoms with van der Waals surface area (Å²) in [4.78, 5) is 13.1. The zero-order chi connectivity index (χ0) is 25.1. The lowest BCUT2D eigenvalue weighted by atomic mass is 10.2. The molecule has 8 nitrogen and oxygen atoms in total. The highest BCUT2D eigenvalue weighted by molar-refractivity contribution is 7.89. The normalized spacial score (nSPS) is 15.1. The maximum atomic E-state index is 12.8. The van der Waals surface area contributed by atoms with Crippen LogP contribution in [0, 0.1) is 0 Å². The topological polar surface area (TPSA) is 93.5 Å². The number of hydrogen-bond acceptors (Lipinski definition) is 5. The summed E-state index contributed by atoms with van der Waals surface area (Å²) in [6.07, 6.45) is 1.10. The molecule has 1 aromatic heterocycles. The summed E-state index contributed by atoms with van der Waals surface area (Å²) in [5.41, 5.74) is 1.76. The van der Waals surface area contributed by atoms with Gasteiger partial charge in [0, 0.05) is 18.5 Å². The number of hydrogen-bond donors (Lipinski definition) is 1. The molecule has 1 atom stereocenters. The molecular formula is C27H28N4O4S. The maximum absolute atomic E-state index is 12.8. The number of anilines is 1. The van der Waals surface area contributed by atoms with E-state index in [4.69, 9.17) is 4.74 Å². The Hall–Kier alpha value is -3.69. The molecule has 4 aromatic rings. The van der Waals surface area contributed by atoms with E-state index in [9.17, 15) is 13.2 Å². The molecule has 3 aromatic carbocycles. The molecule has 0 saturated carbocycles. The van der Waals surface area contributed by atoms with Crippen molar-refractivity contribution in [1.82, 2.24) is 14.1 Å². The van der Waals surface area contributed by atoms with Crippen molar-refractivity contribution in [3.63, 3.8) is 0 Å². The molecule has 9 heteroatoms. The Morgan fingerprint density at radius 1 is 0.972 bits per heavy atom. The van der Waals surface area contributed by atoms with Gasteiger partial charge in [-0.25, -0.2) is 8.42 Å². The van der Waals surface area contributed by atoms with Gasteiger partial charge < -0.3 is 10.1 Å². The molecule has 1 aliphatic rings. The summed E-state index contributed by atoms with van der Waals surface area (Å²) in [6.45, 7) is 3.27. The summed E-state index contributed by atoms with van der Waals surface area (Å²) < 4.78 is 34.7. The molecule has 0 bridgehead atoms. The predicted octanol–water partition coefficient (Wildman–Crippen LogP) is 4.28. The molecule has 0 spiro atoms. The lowest BCUT2D eigenvalue weighted by Gasteiger charge is -2.15. The first-order chi connectivity index (χ1) is 17.4. The number of carbonyl (C=O) groups excluding carboxylic acids is 1. The van der Waals surface area contributed by atoms with Crippen molar-refractivity contribution in [3.05, 3.63) is 84.4 Å². The van der Waals surface area contributed by atoms with Crippen molar-refractivity contribution in [2.45, 2.75) is 37.3 Å². The number of aromatic nitrogens is 2. The van der Waals surface area contributed by atoms with E-state index < -0.39 is 16.1 Å². The molecule has 1 fully saturated rings. The van der Waals surface area contributed by atoms with Crippen molar-refractivity contribution in [1.29, 1.82) is 0 Å². The number of amides is 1. The van der Waals surface area contributed by atoms with Crippen LogP contribution >= 0.6 is 0 Å². The molecule has 1 N–H and O–H groups in total. The van der Waals surface area contributed by atoms with Gasteiger partial charge in [0.2, 0.25) is 10.0 Å². The van der Waals surface area contributed by atoms with Crippen LogP contribution in [-0.2, 0) is 21.4 Å². The standard InChI is InChI=1S/C27H28N4O4S/c1-20(35-22-9-3-2-4-10-22)27(32)28-26-24-11-5-6-12-25(24)31(29-26)19-21-13-15-23(16-14-21)36(33,34)30-17-7-8-18-30/h2-6,9-16,20H,7-8,17-19H2,1H3,(H,28,29,32). The molecule has 186 valence electrons. The van der Waals surface area contributed by atoms with Crippen LogP contribution < -0.4 is 10.1 Å². The quantitative estimate of drug-likeness (QED) is 0.387. The number of nitrogens with zero attached hydrogens (tertiary/aromatic N) is 3. The summed E-state index contributed by atoms with van der Waals surface area (Å²) >= 11 is 0. The lowest BCUT2D eigenvalue weighted by molar-refractivity contribution is -0.122. The van der Waals surface area contributed by atoms with Gasteiger partial charge in [-0.05, 0) is 61.7 Å². The first kappa shape index (κ1) is 24.0. The van der Waals surface area contributed by atoms with Gasteiger partial charge in [0.1, 0.15) is 5.75 Å². The number of carbonyl (C=O) groups is 1. The third-order valence-corrected chi connectivity index (χ3v) is 8.20. The highest BCUT2D eigenvalue weighted by Crippen LogP contribution is 2.25. The number of rotatable bonds is 8. The molecule has 1 aliphatic heterocycles. The van der Waals surface area contributed by atoms with Crippen LogP contribution in [0.25, 0.3) is 10.9 Å². The minimum Gasteiger partial charge on any atom is -0.481 e. The monoisotopic (exact) mass is 504 g/mol. The largest absolute Gasteiger partial charge is 0.481 e. The van der Waals surface area contributed by atoms with E-state index in [1.54, 1.807) is 40.2 Å². The van der Waals surface area contributed by atoms with Crippen molar-refractivity contribution in [2.75, 3.05) is 18.4 Å². The van der Waals surface area contributed by atoms with Crippen LogP contribution in [0.5, 0.6) is 5.75 Å². The second kappa shape index (κ2) is 10.1. The SMILES string of the molecule is CC(Oc1ccccc1)C(=O)Nc1nn(Cc2ccc(S(=O)(=O)N3CCCC3)cc2)c2ccccc12. The minimum atomic E-state index is -3.45. The Bertz CT molecular complexity index is 1460. The second-order valence-electron chi connectivity index (χ2n) is 8.84. The number of ether oxygens (including phenoxy) is 1. The maximum Gasteiger partial charge on any atom is 0.266 e. The second-order valence-corrected chi connectivity index (χ2v) is 10.8. The molecule has 1 amide bonds. The zero-order valence-corrected chi connectivity index (χ0v) is 20.8. The summed E-state index contributed by atoms with van der Waals surface area (Å²) in [7, 11) is -3.45. The van der Waals surface area contributed by atoms with Gasteiger partial charge in [-0.2, -0.15) is 9.40 Å². The van der Waals surface area contributed by atoms with Crippen LogP contribution in [0.4, 0.5) is 5.82 Å². The predicted molar refractivity (Wildman–Crippen MR) is 138 cm³/mol. The average Bonchev–Trinajstić information content (AvgIpc) is 3.55. The van der Waals surface area contributed by atoms with E-state index in [0.717, 1.165) is 29.3 Å². The van der Waals surface area contributed by atoms with Crippen molar-refractivity contribution in [2.24, 2.45) is 0 Å². The number of benzene rings is 3. The van der Waals surface area contributed by atoms with E-state index in [0.29, 0.717) is 36.1 Å². The Morgan fingerprint density at radius 3 is 2.36 bits per heavy atom. The van der Waals surface area contributed by atoms with Gasteiger partial charge in [0.05, 0.1) is 17.0 Å². The van der Waals surface area contributed by atoms with Gasteiger partial charge in [-0.15, -0.1) is 0 Å². The Morgan fingerprint density at radius 2 is 1.64 bits per heavy atom. The Kier molecular flexibility index (Phi) is 6.75. The average molecular weight is 505 g/mol. The zero-order valence-electron chi connectivity index (χ0n) is 20.0. The molecule has 5 rings (SSSR count). The molecule has 1 unspecified atom stereocenters. The van der Waals surface area contributed by atoms with Crippen molar-refractivity contribution in [3.8, 4) is 5.75 Å². The van der Waals surface area contributed by atoms with E-state index in [1.165, 1.54) is 0 Å². The Labute approximate surface area is 210 Å². The summed E-state index contributed by atoms with van der Waals surface area (Å²) in [5.74, 6) is 0.767. The van der Waals surface area contributed by atoms with E-state index in [2.05, 4.69) is 10.4 Å². The number of fused-ring (bicyclic) bond motifs is 1.